The van der Waals surface area contributed by atoms with Crippen molar-refractivity contribution in [1.82, 2.24) is 0 Å². The summed E-state index contributed by atoms with van der Waals surface area (Å²) in [5.74, 6) is 0.598. The van der Waals surface area contributed by atoms with E-state index >= 15 is 0 Å². The average molecular weight is 359 g/mol. The Bertz CT molecular complexity index is 766. The van der Waals surface area contributed by atoms with Crippen molar-refractivity contribution in [2.24, 2.45) is 0 Å². The number of rotatable bonds is 5. The molecule has 0 heterocycles. The van der Waals surface area contributed by atoms with Gasteiger partial charge in [0.15, 0.2) is 0 Å². The summed E-state index contributed by atoms with van der Waals surface area (Å²) in [4.78, 5) is 10.3. The fourth-order valence-electron chi connectivity index (χ4n) is 1.83. The molecular weight excluding hydrogens is 348 g/mol. The van der Waals surface area contributed by atoms with E-state index in [0.29, 0.717) is 11.3 Å². The third-order valence-corrected chi connectivity index (χ3v) is 3.32. The van der Waals surface area contributed by atoms with Crippen LogP contribution in [0.1, 0.15) is 11.1 Å². The van der Waals surface area contributed by atoms with Gasteiger partial charge in [0.1, 0.15) is 12.4 Å². The molecule has 5 nitrogen and oxygen atoms in total. The fraction of sp³-hybridized carbons (Fsp3) is 0.0625. The highest BCUT2D eigenvalue weighted by Gasteiger charge is 2.07. The normalized spacial score (nSPS) is 10.4. The van der Waals surface area contributed by atoms with Gasteiger partial charge in [0.05, 0.1) is 11.0 Å². The van der Waals surface area contributed by atoms with E-state index in [1.165, 1.54) is 18.2 Å². The standard InChI is InChI=1S/C16H11BrN2O3/c17-14-6-7-16(13(10-14)4-2-8-18)22-11-12-3-1-5-15(9-12)19(20)21/h1-7,9-10H,11H2/b4-2+. The third kappa shape index (κ3) is 4.17. The lowest BCUT2D eigenvalue weighted by atomic mass is 10.2. The third-order valence-electron chi connectivity index (χ3n) is 2.82. The molecule has 0 saturated heterocycles. The van der Waals surface area contributed by atoms with Gasteiger partial charge in [0.25, 0.3) is 5.69 Å². The van der Waals surface area contributed by atoms with Crippen molar-refractivity contribution in [1.29, 1.82) is 5.26 Å². The van der Waals surface area contributed by atoms with Gasteiger partial charge in [-0.2, -0.15) is 5.26 Å². The molecule has 0 atom stereocenters. The molecule has 0 aromatic heterocycles. The molecule has 2 aromatic rings. The molecule has 0 aliphatic rings. The zero-order chi connectivity index (χ0) is 15.9. The van der Waals surface area contributed by atoms with Crippen LogP contribution in [-0.4, -0.2) is 4.92 Å². The first-order chi connectivity index (χ1) is 10.6. The Morgan fingerprint density at radius 2 is 2.14 bits per heavy atom. The van der Waals surface area contributed by atoms with Crippen molar-refractivity contribution in [2.45, 2.75) is 6.61 Å². The second-order valence-electron chi connectivity index (χ2n) is 4.36. The molecule has 6 heteroatoms. The van der Waals surface area contributed by atoms with Gasteiger partial charge >= 0.3 is 0 Å². The van der Waals surface area contributed by atoms with Crippen LogP contribution in [0.2, 0.25) is 0 Å². The van der Waals surface area contributed by atoms with E-state index in [0.717, 1.165) is 10.0 Å². The van der Waals surface area contributed by atoms with Crippen molar-refractivity contribution < 1.29 is 9.66 Å². The molecule has 0 aliphatic heterocycles. The van der Waals surface area contributed by atoms with Crippen LogP contribution >= 0.6 is 15.9 Å². The Labute approximate surface area is 135 Å². The number of allylic oxidation sites excluding steroid dienone is 1. The molecule has 0 bridgehead atoms. The first-order valence-corrected chi connectivity index (χ1v) is 7.11. The molecule has 2 aromatic carbocycles. The lowest BCUT2D eigenvalue weighted by Gasteiger charge is -2.09. The predicted octanol–water partition coefficient (Wildman–Crippen LogP) is 4.47. The quantitative estimate of drug-likeness (QED) is 0.448. The molecule has 0 amide bonds. The molecule has 0 aliphatic carbocycles. The SMILES string of the molecule is N#C/C=C/c1cc(Br)ccc1OCc1cccc([N+](=O)[O-])c1. The number of hydrogen-bond acceptors (Lipinski definition) is 4. The van der Waals surface area contributed by atoms with Crippen LogP contribution in [-0.2, 0) is 6.61 Å². The molecule has 0 unspecified atom stereocenters. The molecule has 2 rings (SSSR count). The van der Waals surface area contributed by atoms with E-state index in [2.05, 4.69) is 15.9 Å². The van der Waals surface area contributed by atoms with Gasteiger partial charge in [-0.05, 0) is 29.8 Å². The van der Waals surface area contributed by atoms with Gasteiger partial charge in [0, 0.05) is 28.2 Å². The number of halogens is 1. The van der Waals surface area contributed by atoms with Gasteiger partial charge in [-0.25, -0.2) is 0 Å². The van der Waals surface area contributed by atoms with Gasteiger partial charge in [0.2, 0.25) is 0 Å². The molecule has 110 valence electrons. The summed E-state index contributed by atoms with van der Waals surface area (Å²) >= 11 is 3.36. The molecule has 0 saturated carbocycles. The van der Waals surface area contributed by atoms with Crippen molar-refractivity contribution in [2.75, 3.05) is 0 Å². The second-order valence-corrected chi connectivity index (χ2v) is 5.28. The van der Waals surface area contributed by atoms with Crippen molar-refractivity contribution in [3.05, 3.63) is 74.3 Å². The summed E-state index contributed by atoms with van der Waals surface area (Å²) in [5.41, 5.74) is 1.48. The minimum absolute atomic E-state index is 0.0292. The van der Waals surface area contributed by atoms with Crippen molar-refractivity contribution in [3.63, 3.8) is 0 Å². The fourth-order valence-corrected chi connectivity index (χ4v) is 2.21. The molecule has 0 N–H and O–H groups in total. The van der Waals surface area contributed by atoms with E-state index < -0.39 is 4.92 Å². The highest BCUT2D eigenvalue weighted by Crippen LogP contribution is 2.25. The first kappa shape index (κ1) is 15.7. The van der Waals surface area contributed by atoms with Crippen LogP contribution in [0.3, 0.4) is 0 Å². The maximum absolute atomic E-state index is 10.8. The van der Waals surface area contributed by atoms with E-state index in [1.807, 2.05) is 18.2 Å². The second kappa shape index (κ2) is 7.38. The van der Waals surface area contributed by atoms with E-state index in [-0.39, 0.29) is 12.3 Å². The Kier molecular flexibility index (Phi) is 5.28. The lowest BCUT2D eigenvalue weighted by molar-refractivity contribution is -0.384. The number of non-ortho nitro benzene ring substituents is 1. The number of ether oxygens (including phenoxy) is 1. The molecular formula is C16H11BrN2O3. The van der Waals surface area contributed by atoms with Gasteiger partial charge in [-0.3, -0.25) is 10.1 Å². The van der Waals surface area contributed by atoms with E-state index in [1.54, 1.807) is 24.3 Å². The van der Waals surface area contributed by atoms with Crippen molar-refractivity contribution in [3.8, 4) is 11.8 Å². The zero-order valence-corrected chi connectivity index (χ0v) is 13.0. The monoisotopic (exact) mass is 358 g/mol. The molecule has 0 spiro atoms. The minimum Gasteiger partial charge on any atom is -0.488 e. The maximum atomic E-state index is 10.8. The molecule has 22 heavy (non-hydrogen) atoms. The average Bonchev–Trinajstić information content (AvgIpc) is 2.52. The number of nitriles is 1. The van der Waals surface area contributed by atoms with Crippen LogP contribution in [0.25, 0.3) is 6.08 Å². The number of nitrogens with zero attached hydrogens (tertiary/aromatic N) is 2. The molecule has 0 fully saturated rings. The van der Waals surface area contributed by atoms with E-state index in [9.17, 15) is 10.1 Å². The topological polar surface area (TPSA) is 76.2 Å². The van der Waals surface area contributed by atoms with Crippen LogP contribution in [0, 0.1) is 21.4 Å². The number of benzene rings is 2. The Hall–Kier alpha value is -2.65. The Morgan fingerprint density at radius 1 is 1.32 bits per heavy atom. The smallest absolute Gasteiger partial charge is 0.269 e. The maximum Gasteiger partial charge on any atom is 0.269 e. The number of nitro groups is 1. The van der Waals surface area contributed by atoms with Crippen LogP contribution in [0.5, 0.6) is 5.75 Å². The van der Waals surface area contributed by atoms with Gasteiger partial charge in [-0.1, -0.05) is 28.1 Å². The predicted molar refractivity (Wildman–Crippen MR) is 86.2 cm³/mol. The Morgan fingerprint density at radius 3 is 2.86 bits per heavy atom. The summed E-state index contributed by atoms with van der Waals surface area (Å²) in [5, 5.41) is 19.4. The van der Waals surface area contributed by atoms with Crippen LogP contribution in [0.15, 0.2) is 53.0 Å². The Balaban J connectivity index is 2.18. The minimum atomic E-state index is -0.440. The number of nitro benzene ring substituents is 1. The number of hydrogen-bond donors (Lipinski definition) is 0. The summed E-state index contributed by atoms with van der Waals surface area (Å²) in [6, 6.07) is 13.7. The van der Waals surface area contributed by atoms with Gasteiger partial charge < -0.3 is 4.74 Å². The highest BCUT2D eigenvalue weighted by molar-refractivity contribution is 9.10. The highest BCUT2D eigenvalue weighted by atomic mass is 79.9. The van der Waals surface area contributed by atoms with Gasteiger partial charge in [-0.15, -0.1) is 0 Å². The summed E-state index contributed by atoms with van der Waals surface area (Å²) in [7, 11) is 0. The van der Waals surface area contributed by atoms with Crippen molar-refractivity contribution >= 4 is 27.7 Å². The van der Waals surface area contributed by atoms with Crippen LogP contribution < -0.4 is 4.74 Å². The summed E-state index contributed by atoms with van der Waals surface area (Å²) < 4.78 is 6.57. The van der Waals surface area contributed by atoms with Crippen LogP contribution in [0.4, 0.5) is 5.69 Å². The summed E-state index contributed by atoms with van der Waals surface area (Å²) in [6.07, 6.45) is 3.01. The summed E-state index contributed by atoms with van der Waals surface area (Å²) in [6.45, 7) is 0.205. The first-order valence-electron chi connectivity index (χ1n) is 6.32. The van der Waals surface area contributed by atoms with E-state index in [4.69, 9.17) is 10.00 Å². The zero-order valence-electron chi connectivity index (χ0n) is 11.4. The largest absolute Gasteiger partial charge is 0.488 e. The molecule has 0 radical (unpaired) electrons. The lowest BCUT2D eigenvalue weighted by Crippen LogP contribution is -1.98.